The van der Waals surface area contributed by atoms with Gasteiger partial charge in [-0.15, -0.1) is 0 Å². The van der Waals surface area contributed by atoms with Gasteiger partial charge in [0, 0.05) is 22.9 Å². The van der Waals surface area contributed by atoms with Gasteiger partial charge in [0.05, 0.1) is 10.4 Å². The minimum Gasteiger partial charge on any atom is -0.258 e. The Morgan fingerprint density at radius 3 is 2.61 bits per heavy atom. The fourth-order valence-electron chi connectivity index (χ4n) is 2.02. The summed E-state index contributed by atoms with van der Waals surface area (Å²) in [6.07, 6.45) is 0. The number of non-ortho nitro benzene ring substituents is 1. The maximum atomic E-state index is 10.8. The molecule has 18 heavy (non-hydrogen) atoms. The van der Waals surface area contributed by atoms with Gasteiger partial charge in [0.1, 0.15) is 5.15 Å². The summed E-state index contributed by atoms with van der Waals surface area (Å²) in [5.74, 6) is 0. The second kappa shape index (κ2) is 3.92. The molecule has 1 heterocycles. The van der Waals surface area contributed by atoms with Gasteiger partial charge in [-0.3, -0.25) is 10.1 Å². The van der Waals surface area contributed by atoms with Crippen LogP contribution in [0, 0.1) is 10.1 Å². The maximum absolute atomic E-state index is 10.8. The van der Waals surface area contributed by atoms with Crippen molar-refractivity contribution >= 4 is 39.0 Å². The highest BCUT2D eigenvalue weighted by Crippen LogP contribution is 2.31. The predicted molar refractivity (Wildman–Crippen MR) is 70.9 cm³/mol. The van der Waals surface area contributed by atoms with E-state index in [1.807, 2.05) is 24.3 Å². The number of nitro benzene ring substituents is 1. The Balaban J connectivity index is 2.47. The van der Waals surface area contributed by atoms with Crippen LogP contribution in [0.25, 0.3) is 21.7 Å². The van der Waals surface area contributed by atoms with Crippen molar-refractivity contribution in [2.45, 2.75) is 0 Å². The molecule has 2 aromatic carbocycles. The second-order valence-electron chi connectivity index (χ2n) is 3.91. The number of halogens is 1. The molecule has 0 amide bonds. The van der Waals surface area contributed by atoms with Crippen molar-refractivity contribution in [3.63, 3.8) is 0 Å². The van der Waals surface area contributed by atoms with Crippen LogP contribution >= 0.6 is 11.6 Å². The lowest BCUT2D eigenvalue weighted by molar-refractivity contribution is -0.384. The zero-order chi connectivity index (χ0) is 12.7. The minimum atomic E-state index is -0.440. The molecule has 0 aliphatic heterocycles. The Morgan fingerprint density at radius 1 is 1.06 bits per heavy atom. The van der Waals surface area contributed by atoms with Gasteiger partial charge in [-0.05, 0) is 17.5 Å². The SMILES string of the molecule is O=[N+]([O-])c1ccc2c(c1)c(Cl)nc1ccccc12. The Kier molecular flexibility index (Phi) is 2.38. The number of hydrogen-bond acceptors (Lipinski definition) is 3. The summed E-state index contributed by atoms with van der Waals surface area (Å²) in [6.45, 7) is 0. The lowest BCUT2D eigenvalue weighted by atomic mass is 10.1. The molecule has 88 valence electrons. The quantitative estimate of drug-likeness (QED) is 0.287. The molecule has 0 saturated heterocycles. The van der Waals surface area contributed by atoms with Crippen molar-refractivity contribution < 1.29 is 4.92 Å². The predicted octanol–water partition coefficient (Wildman–Crippen LogP) is 3.95. The topological polar surface area (TPSA) is 56.0 Å². The third-order valence-electron chi connectivity index (χ3n) is 2.85. The zero-order valence-corrected chi connectivity index (χ0v) is 9.89. The third-order valence-corrected chi connectivity index (χ3v) is 3.14. The first-order chi connectivity index (χ1) is 8.66. The van der Waals surface area contributed by atoms with Crippen molar-refractivity contribution in [3.05, 3.63) is 57.7 Å². The number of para-hydroxylation sites is 1. The highest BCUT2D eigenvalue weighted by atomic mass is 35.5. The molecule has 0 saturated carbocycles. The highest BCUT2D eigenvalue weighted by molar-refractivity contribution is 6.35. The van der Waals surface area contributed by atoms with E-state index in [0.717, 1.165) is 16.3 Å². The first-order valence-electron chi connectivity index (χ1n) is 5.29. The van der Waals surface area contributed by atoms with E-state index in [2.05, 4.69) is 4.98 Å². The summed E-state index contributed by atoms with van der Waals surface area (Å²) in [6, 6.07) is 12.2. The van der Waals surface area contributed by atoms with Crippen molar-refractivity contribution in [1.29, 1.82) is 0 Å². The third kappa shape index (κ3) is 1.58. The average Bonchev–Trinajstić information content (AvgIpc) is 2.38. The van der Waals surface area contributed by atoms with E-state index in [4.69, 9.17) is 11.6 Å². The fraction of sp³-hybridized carbons (Fsp3) is 0. The Labute approximate surface area is 107 Å². The van der Waals surface area contributed by atoms with Gasteiger partial charge in [0.2, 0.25) is 0 Å². The minimum absolute atomic E-state index is 0.0153. The molecule has 0 spiro atoms. The van der Waals surface area contributed by atoms with E-state index in [0.29, 0.717) is 5.39 Å². The lowest BCUT2D eigenvalue weighted by Crippen LogP contribution is -1.89. The van der Waals surface area contributed by atoms with Gasteiger partial charge < -0.3 is 0 Å². The Bertz CT molecular complexity index is 786. The van der Waals surface area contributed by atoms with E-state index in [-0.39, 0.29) is 10.8 Å². The summed E-state index contributed by atoms with van der Waals surface area (Å²) < 4.78 is 0. The Hall–Kier alpha value is -2.20. The van der Waals surface area contributed by atoms with Crippen LogP contribution in [0.3, 0.4) is 0 Å². The molecular formula is C13H7ClN2O2. The molecule has 0 fully saturated rings. The van der Waals surface area contributed by atoms with E-state index < -0.39 is 4.92 Å². The van der Waals surface area contributed by atoms with Crippen LogP contribution in [-0.4, -0.2) is 9.91 Å². The van der Waals surface area contributed by atoms with Crippen LogP contribution in [-0.2, 0) is 0 Å². The van der Waals surface area contributed by atoms with Gasteiger partial charge >= 0.3 is 0 Å². The lowest BCUT2D eigenvalue weighted by Gasteiger charge is -2.04. The van der Waals surface area contributed by atoms with Gasteiger partial charge in [0.25, 0.3) is 5.69 Å². The first-order valence-corrected chi connectivity index (χ1v) is 5.67. The van der Waals surface area contributed by atoms with Crippen LogP contribution in [0.5, 0.6) is 0 Å². The number of fused-ring (bicyclic) bond motifs is 3. The molecule has 0 unspecified atom stereocenters. The average molecular weight is 259 g/mol. The van der Waals surface area contributed by atoms with Crippen LogP contribution in [0.15, 0.2) is 42.5 Å². The molecule has 0 N–H and O–H groups in total. The number of benzene rings is 2. The van der Waals surface area contributed by atoms with E-state index in [9.17, 15) is 10.1 Å². The molecule has 0 radical (unpaired) electrons. The van der Waals surface area contributed by atoms with Crippen molar-refractivity contribution in [2.75, 3.05) is 0 Å². The van der Waals surface area contributed by atoms with Gasteiger partial charge in [-0.2, -0.15) is 0 Å². The molecule has 0 aliphatic rings. The molecule has 0 bridgehead atoms. The molecule has 1 aromatic heterocycles. The number of rotatable bonds is 1. The second-order valence-corrected chi connectivity index (χ2v) is 4.26. The molecule has 4 nitrogen and oxygen atoms in total. The van der Waals surface area contributed by atoms with E-state index in [1.165, 1.54) is 12.1 Å². The summed E-state index contributed by atoms with van der Waals surface area (Å²) >= 11 is 6.08. The van der Waals surface area contributed by atoms with E-state index >= 15 is 0 Å². The number of pyridine rings is 1. The molecule has 5 heteroatoms. The van der Waals surface area contributed by atoms with Crippen molar-refractivity contribution in [3.8, 4) is 0 Å². The standard InChI is InChI=1S/C13H7ClN2O2/c14-13-11-7-8(16(17)18)5-6-9(11)10-3-1-2-4-12(10)15-13/h1-7H. The van der Waals surface area contributed by atoms with Crippen LogP contribution < -0.4 is 0 Å². The maximum Gasteiger partial charge on any atom is 0.270 e. The fourth-order valence-corrected chi connectivity index (χ4v) is 2.26. The van der Waals surface area contributed by atoms with Crippen LogP contribution in [0.4, 0.5) is 5.69 Å². The molecule has 0 atom stereocenters. The Morgan fingerprint density at radius 2 is 1.83 bits per heavy atom. The van der Waals surface area contributed by atoms with Gasteiger partial charge in [0.15, 0.2) is 0 Å². The van der Waals surface area contributed by atoms with Gasteiger partial charge in [-0.25, -0.2) is 4.98 Å². The molecule has 0 aliphatic carbocycles. The zero-order valence-electron chi connectivity index (χ0n) is 9.13. The van der Waals surface area contributed by atoms with Crippen molar-refractivity contribution in [2.24, 2.45) is 0 Å². The molecule has 3 rings (SSSR count). The molecular weight excluding hydrogens is 252 g/mol. The highest BCUT2D eigenvalue weighted by Gasteiger charge is 2.11. The molecule has 3 aromatic rings. The van der Waals surface area contributed by atoms with Gasteiger partial charge in [-0.1, -0.05) is 29.8 Å². The summed E-state index contributed by atoms with van der Waals surface area (Å²) in [4.78, 5) is 14.6. The van der Waals surface area contributed by atoms with Crippen molar-refractivity contribution in [1.82, 2.24) is 4.98 Å². The normalized spacial score (nSPS) is 10.9. The number of aromatic nitrogens is 1. The first kappa shape index (κ1) is 10.9. The summed E-state index contributed by atoms with van der Waals surface area (Å²) in [5, 5.41) is 13.5. The number of nitrogens with zero attached hydrogens (tertiary/aromatic N) is 2. The van der Waals surface area contributed by atoms with E-state index in [1.54, 1.807) is 6.07 Å². The monoisotopic (exact) mass is 258 g/mol. The largest absolute Gasteiger partial charge is 0.270 e. The van der Waals surface area contributed by atoms with Crippen LogP contribution in [0.1, 0.15) is 0 Å². The number of hydrogen-bond donors (Lipinski definition) is 0. The van der Waals surface area contributed by atoms with Crippen LogP contribution in [0.2, 0.25) is 5.15 Å². The summed E-state index contributed by atoms with van der Waals surface area (Å²) in [7, 11) is 0. The number of nitro groups is 1. The smallest absolute Gasteiger partial charge is 0.258 e. The summed E-state index contributed by atoms with van der Waals surface area (Å²) in [5.41, 5.74) is 0.797.